The standard InChI is InChI=1S/Cr.3FH.Li.H/h;3*1H;;/q+3;;;;;/p-3. The molecule has 0 aromatic heterocycles. The van der Waals surface area contributed by atoms with Crippen LogP contribution in [-0.4, -0.2) is 18.9 Å². The SMILES string of the molecule is [F][Cr]([F])[F].[LiH]. The summed E-state index contributed by atoms with van der Waals surface area (Å²) in [5, 5.41) is 0. The van der Waals surface area contributed by atoms with Gasteiger partial charge in [-0.05, 0) is 0 Å². The zero-order valence-electron chi connectivity index (χ0n) is 1.54. The van der Waals surface area contributed by atoms with Crippen molar-refractivity contribution in [2.24, 2.45) is 0 Å². The molecule has 0 aliphatic carbocycles. The zero-order chi connectivity index (χ0) is 3.58. The predicted octanol–water partition coefficient (Wildman–Crippen LogP) is 0.610. The Bertz CT molecular complexity index is 11.6. The van der Waals surface area contributed by atoms with Crippen molar-refractivity contribution in [3.8, 4) is 0 Å². The van der Waals surface area contributed by atoms with Gasteiger partial charge < -0.3 is 0 Å². The molecule has 0 aromatic carbocycles. The fourth-order valence-corrected chi connectivity index (χ4v) is 0. The third kappa shape index (κ3) is 49.6. The van der Waals surface area contributed by atoms with Crippen LogP contribution in [0.15, 0.2) is 0 Å². The van der Waals surface area contributed by atoms with E-state index in [1.165, 1.54) is 0 Å². The average molecular weight is 117 g/mol. The fraction of sp³-hybridized carbons (Fsp3) is 0. The van der Waals surface area contributed by atoms with Crippen molar-refractivity contribution in [1.82, 2.24) is 0 Å². The molecule has 0 N–H and O–H groups in total. The summed E-state index contributed by atoms with van der Waals surface area (Å²) in [6.45, 7) is 0. The summed E-state index contributed by atoms with van der Waals surface area (Å²) in [4.78, 5) is 0. The molecule has 0 bridgehead atoms. The van der Waals surface area contributed by atoms with E-state index in [2.05, 4.69) is 0 Å². The number of halogens is 3. The summed E-state index contributed by atoms with van der Waals surface area (Å²) < 4.78 is 29.4. The molecular weight excluding hydrogens is 116 g/mol. The number of hydrogen-bond donors (Lipinski definition) is 0. The van der Waals surface area contributed by atoms with E-state index in [1.54, 1.807) is 0 Å². The maximum atomic E-state index is 9.79. The molecule has 0 atom stereocenters. The van der Waals surface area contributed by atoms with E-state index < -0.39 is 15.5 Å². The van der Waals surface area contributed by atoms with Gasteiger partial charge in [0.05, 0.1) is 0 Å². The molecule has 0 aliphatic rings. The summed E-state index contributed by atoms with van der Waals surface area (Å²) in [6, 6.07) is 0. The summed E-state index contributed by atoms with van der Waals surface area (Å²) in [5.41, 5.74) is 0. The molecular formula is HCrF3Li. The minimum atomic E-state index is -4.54. The molecule has 0 radical (unpaired) electrons. The van der Waals surface area contributed by atoms with Crippen molar-refractivity contribution in [3.63, 3.8) is 0 Å². The first-order valence-electron chi connectivity index (χ1n) is 0.463. The van der Waals surface area contributed by atoms with Gasteiger partial charge in [0.1, 0.15) is 0 Å². The first kappa shape index (κ1) is 9.33. The van der Waals surface area contributed by atoms with Gasteiger partial charge in [0.25, 0.3) is 0 Å². The molecule has 29 valence electrons. The van der Waals surface area contributed by atoms with E-state index in [-0.39, 0.29) is 18.9 Å². The third-order valence-corrected chi connectivity index (χ3v) is 0. The summed E-state index contributed by atoms with van der Waals surface area (Å²) in [5.74, 6) is 0. The third-order valence-electron chi connectivity index (χ3n) is 0. The second-order valence-electron chi connectivity index (χ2n) is 0.175. The van der Waals surface area contributed by atoms with Crippen molar-refractivity contribution < 1.29 is 26.1 Å². The Kier molecular flexibility index (Phi) is 9.18. The van der Waals surface area contributed by atoms with Crippen LogP contribution in [0.3, 0.4) is 0 Å². The van der Waals surface area contributed by atoms with E-state index in [0.717, 1.165) is 0 Å². The molecule has 0 rings (SSSR count). The van der Waals surface area contributed by atoms with Gasteiger partial charge in [-0.2, -0.15) is 0 Å². The van der Waals surface area contributed by atoms with Gasteiger partial charge in [-0.3, -0.25) is 0 Å². The molecule has 0 fully saturated rings. The van der Waals surface area contributed by atoms with E-state index in [9.17, 15) is 10.6 Å². The molecule has 0 nitrogen and oxygen atoms in total. The van der Waals surface area contributed by atoms with Gasteiger partial charge in [-0.1, -0.05) is 0 Å². The predicted molar refractivity (Wildman–Crippen MR) is 10.5 cm³/mol. The fourth-order valence-electron chi connectivity index (χ4n) is 0. The molecule has 0 heterocycles. The molecule has 0 amide bonds. The molecule has 0 saturated heterocycles. The second-order valence-corrected chi connectivity index (χ2v) is 0.721. The quantitative estimate of drug-likeness (QED) is 0.407. The van der Waals surface area contributed by atoms with E-state index >= 15 is 0 Å². The summed E-state index contributed by atoms with van der Waals surface area (Å²) >= 11 is -4.54. The monoisotopic (exact) mass is 117 g/mol. The van der Waals surface area contributed by atoms with Crippen molar-refractivity contribution in [1.29, 1.82) is 0 Å². The Morgan fingerprint density at radius 2 is 1.00 bits per heavy atom. The van der Waals surface area contributed by atoms with Gasteiger partial charge in [0.2, 0.25) is 0 Å². The van der Waals surface area contributed by atoms with Crippen molar-refractivity contribution >= 4 is 18.9 Å². The van der Waals surface area contributed by atoms with Gasteiger partial charge in [-0.15, -0.1) is 0 Å². The Morgan fingerprint density at radius 3 is 1.00 bits per heavy atom. The second kappa shape index (κ2) is 4.92. The van der Waals surface area contributed by atoms with Crippen LogP contribution in [0.5, 0.6) is 0 Å². The van der Waals surface area contributed by atoms with Crippen molar-refractivity contribution in [3.05, 3.63) is 0 Å². The first-order chi connectivity index (χ1) is 1.73. The molecule has 0 unspecified atom stereocenters. The molecule has 5 heteroatoms. The average Bonchev–Trinajstić information content (AvgIpc) is 0.811. The van der Waals surface area contributed by atoms with Gasteiger partial charge in [-0.25, -0.2) is 0 Å². The molecule has 5 heavy (non-hydrogen) atoms. The molecule has 0 spiro atoms. The van der Waals surface area contributed by atoms with Gasteiger partial charge in [0.15, 0.2) is 0 Å². The molecule has 0 aliphatic heterocycles. The van der Waals surface area contributed by atoms with E-state index in [4.69, 9.17) is 0 Å². The van der Waals surface area contributed by atoms with Crippen LogP contribution in [0, 0.1) is 0 Å². The van der Waals surface area contributed by atoms with Crippen molar-refractivity contribution in [2.75, 3.05) is 0 Å². The minimum absolute atomic E-state index is 0. The molecule has 0 aromatic rings. The van der Waals surface area contributed by atoms with Crippen LogP contribution in [0.1, 0.15) is 0 Å². The number of rotatable bonds is 0. The first-order valence-corrected chi connectivity index (χ1v) is 1.91. The maximum absolute atomic E-state index is 9.79. The summed E-state index contributed by atoms with van der Waals surface area (Å²) in [7, 11) is 0. The van der Waals surface area contributed by atoms with Crippen LogP contribution in [-0.2, 0) is 15.5 Å². The Balaban J connectivity index is 0. The Hall–Kier alpha value is 0.920. The van der Waals surface area contributed by atoms with E-state index in [1.807, 2.05) is 0 Å². The zero-order valence-corrected chi connectivity index (χ0v) is 2.82. The Morgan fingerprint density at radius 1 is 1.00 bits per heavy atom. The number of hydrogen-bond acceptors (Lipinski definition) is 0. The van der Waals surface area contributed by atoms with Crippen LogP contribution in [0.25, 0.3) is 0 Å². The van der Waals surface area contributed by atoms with Crippen molar-refractivity contribution in [2.45, 2.75) is 0 Å². The summed E-state index contributed by atoms with van der Waals surface area (Å²) in [6.07, 6.45) is 0. The molecule has 0 saturated carbocycles. The normalized spacial score (nSPS) is 7.20. The van der Waals surface area contributed by atoms with Gasteiger partial charge in [0, 0.05) is 0 Å². The van der Waals surface area contributed by atoms with Crippen LogP contribution in [0.4, 0.5) is 10.6 Å². The Labute approximate surface area is 45.4 Å². The topological polar surface area (TPSA) is 0 Å². The van der Waals surface area contributed by atoms with Gasteiger partial charge >= 0.3 is 45.0 Å². The van der Waals surface area contributed by atoms with Crippen LogP contribution < -0.4 is 0 Å². The van der Waals surface area contributed by atoms with Crippen LogP contribution >= 0.6 is 0 Å². The van der Waals surface area contributed by atoms with Crippen LogP contribution in [0.2, 0.25) is 0 Å². The van der Waals surface area contributed by atoms with E-state index in [0.29, 0.717) is 0 Å².